The number of nitrogens with zero attached hydrogens (tertiary/aromatic N) is 2. The minimum atomic E-state index is 1.12. The standard InChI is InChI=1S/C11H13N3.C2H6/c1-12-11-5-3-9(4-6-11)10-7-13-14(2)8-10;1-2/h3-8,12H,1-2H3;1-2H3. The van der Waals surface area contributed by atoms with E-state index in [4.69, 9.17) is 0 Å². The molecule has 3 nitrogen and oxygen atoms in total. The van der Waals surface area contributed by atoms with Gasteiger partial charge in [0.25, 0.3) is 0 Å². The van der Waals surface area contributed by atoms with Gasteiger partial charge in [0.15, 0.2) is 0 Å². The summed E-state index contributed by atoms with van der Waals surface area (Å²) in [6.07, 6.45) is 3.88. The number of aryl methyl sites for hydroxylation is 1. The van der Waals surface area contributed by atoms with Crippen LogP contribution in [-0.2, 0) is 7.05 Å². The Labute approximate surface area is 97.1 Å². The van der Waals surface area contributed by atoms with Gasteiger partial charge in [-0.25, -0.2) is 0 Å². The van der Waals surface area contributed by atoms with Gasteiger partial charge in [-0.15, -0.1) is 0 Å². The second kappa shape index (κ2) is 5.95. The highest BCUT2D eigenvalue weighted by atomic mass is 15.2. The lowest BCUT2D eigenvalue weighted by Gasteiger charge is -2.00. The summed E-state index contributed by atoms with van der Waals surface area (Å²) in [7, 11) is 3.84. The first-order chi connectivity index (χ1) is 7.79. The van der Waals surface area contributed by atoms with Crippen LogP contribution in [-0.4, -0.2) is 16.8 Å². The maximum absolute atomic E-state index is 4.14. The van der Waals surface area contributed by atoms with Crippen molar-refractivity contribution in [3.8, 4) is 11.1 Å². The lowest BCUT2D eigenvalue weighted by Crippen LogP contribution is -1.86. The first kappa shape index (κ1) is 12.3. The summed E-state index contributed by atoms with van der Waals surface area (Å²) < 4.78 is 1.81. The third-order valence-electron chi connectivity index (χ3n) is 2.21. The molecule has 0 bridgehead atoms. The van der Waals surface area contributed by atoms with Crippen molar-refractivity contribution in [1.82, 2.24) is 9.78 Å². The molecule has 0 atom stereocenters. The second-order valence-corrected chi connectivity index (χ2v) is 3.23. The van der Waals surface area contributed by atoms with E-state index in [1.165, 1.54) is 5.56 Å². The Bertz CT molecular complexity index is 415. The van der Waals surface area contributed by atoms with Gasteiger partial charge in [-0.05, 0) is 17.7 Å². The molecule has 3 heteroatoms. The van der Waals surface area contributed by atoms with Crippen LogP contribution in [0.25, 0.3) is 11.1 Å². The Morgan fingerprint density at radius 1 is 1.06 bits per heavy atom. The number of benzene rings is 1. The van der Waals surface area contributed by atoms with Gasteiger partial charge in [-0.2, -0.15) is 5.10 Å². The highest BCUT2D eigenvalue weighted by Gasteiger charge is 1.99. The van der Waals surface area contributed by atoms with E-state index in [0.29, 0.717) is 0 Å². The molecular weight excluding hydrogens is 198 g/mol. The molecule has 0 fully saturated rings. The van der Waals surface area contributed by atoms with Crippen LogP contribution in [0, 0.1) is 0 Å². The first-order valence-electron chi connectivity index (χ1n) is 5.56. The van der Waals surface area contributed by atoms with Crippen molar-refractivity contribution in [2.24, 2.45) is 7.05 Å². The summed E-state index contributed by atoms with van der Waals surface area (Å²) in [6, 6.07) is 8.29. The smallest absolute Gasteiger partial charge is 0.0568 e. The fourth-order valence-corrected chi connectivity index (χ4v) is 1.40. The molecule has 0 amide bonds. The van der Waals surface area contributed by atoms with Crippen LogP contribution >= 0.6 is 0 Å². The van der Waals surface area contributed by atoms with Crippen LogP contribution in [0.4, 0.5) is 5.69 Å². The SMILES string of the molecule is CC.CNc1ccc(-c2cnn(C)c2)cc1. The Morgan fingerprint density at radius 3 is 2.12 bits per heavy atom. The summed E-state index contributed by atoms with van der Waals surface area (Å²) in [4.78, 5) is 0. The van der Waals surface area contributed by atoms with Crippen molar-refractivity contribution in [1.29, 1.82) is 0 Å². The average molecular weight is 217 g/mol. The zero-order valence-corrected chi connectivity index (χ0v) is 10.4. The minimum Gasteiger partial charge on any atom is -0.388 e. The molecule has 0 aliphatic heterocycles. The van der Waals surface area contributed by atoms with Crippen LogP contribution in [0.2, 0.25) is 0 Å². The monoisotopic (exact) mass is 217 g/mol. The van der Waals surface area contributed by atoms with Crippen molar-refractivity contribution in [3.05, 3.63) is 36.7 Å². The average Bonchev–Trinajstić information content (AvgIpc) is 2.79. The number of hydrogen-bond donors (Lipinski definition) is 1. The largest absolute Gasteiger partial charge is 0.388 e. The molecule has 16 heavy (non-hydrogen) atoms. The molecule has 2 aromatic rings. The molecule has 1 heterocycles. The lowest BCUT2D eigenvalue weighted by molar-refractivity contribution is 0.768. The topological polar surface area (TPSA) is 29.9 Å². The Kier molecular flexibility index (Phi) is 4.58. The molecule has 2 rings (SSSR count). The van der Waals surface area contributed by atoms with Crippen molar-refractivity contribution >= 4 is 5.69 Å². The molecule has 0 aliphatic rings. The van der Waals surface area contributed by atoms with Gasteiger partial charge in [0, 0.05) is 31.5 Å². The van der Waals surface area contributed by atoms with Crippen molar-refractivity contribution in [3.63, 3.8) is 0 Å². The van der Waals surface area contributed by atoms with Crippen LogP contribution in [0.15, 0.2) is 36.7 Å². The summed E-state index contributed by atoms with van der Waals surface area (Å²) in [5.41, 5.74) is 3.46. The Balaban J connectivity index is 0.000000606. The van der Waals surface area contributed by atoms with E-state index in [9.17, 15) is 0 Å². The fourth-order valence-electron chi connectivity index (χ4n) is 1.40. The van der Waals surface area contributed by atoms with E-state index >= 15 is 0 Å². The number of anilines is 1. The van der Waals surface area contributed by atoms with Gasteiger partial charge >= 0.3 is 0 Å². The van der Waals surface area contributed by atoms with Crippen molar-refractivity contribution in [2.45, 2.75) is 13.8 Å². The van der Waals surface area contributed by atoms with Crippen LogP contribution in [0.1, 0.15) is 13.8 Å². The minimum absolute atomic E-state index is 1.12. The molecule has 0 radical (unpaired) electrons. The fraction of sp³-hybridized carbons (Fsp3) is 0.308. The predicted molar refractivity (Wildman–Crippen MR) is 69.5 cm³/mol. The van der Waals surface area contributed by atoms with Gasteiger partial charge in [-0.3, -0.25) is 4.68 Å². The third-order valence-corrected chi connectivity index (χ3v) is 2.21. The van der Waals surface area contributed by atoms with E-state index in [1.807, 2.05) is 40.3 Å². The number of aromatic nitrogens is 2. The normalized spacial score (nSPS) is 9.25. The van der Waals surface area contributed by atoms with E-state index in [2.05, 4.69) is 34.7 Å². The van der Waals surface area contributed by atoms with Gasteiger partial charge in [0.1, 0.15) is 0 Å². The number of rotatable bonds is 2. The zero-order chi connectivity index (χ0) is 12.0. The highest BCUT2D eigenvalue weighted by Crippen LogP contribution is 2.20. The lowest BCUT2D eigenvalue weighted by atomic mass is 10.1. The van der Waals surface area contributed by atoms with Crippen LogP contribution in [0.5, 0.6) is 0 Å². The van der Waals surface area contributed by atoms with Gasteiger partial charge in [-0.1, -0.05) is 26.0 Å². The Morgan fingerprint density at radius 2 is 1.69 bits per heavy atom. The maximum atomic E-state index is 4.14. The summed E-state index contributed by atoms with van der Waals surface area (Å²) in [6.45, 7) is 4.00. The number of hydrogen-bond acceptors (Lipinski definition) is 2. The molecule has 0 unspecified atom stereocenters. The van der Waals surface area contributed by atoms with Crippen LogP contribution < -0.4 is 5.32 Å². The van der Waals surface area contributed by atoms with Gasteiger partial charge in [0.05, 0.1) is 6.20 Å². The van der Waals surface area contributed by atoms with Crippen LogP contribution in [0.3, 0.4) is 0 Å². The molecule has 0 spiro atoms. The predicted octanol–water partition coefficient (Wildman–Crippen LogP) is 3.16. The molecular formula is C13H19N3. The van der Waals surface area contributed by atoms with E-state index in [1.54, 1.807) is 4.68 Å². The molecule has 0 saturated carbocycles. The third kappa shape index (κ3) is 2.86. The summed E-state index contributed by atoms with van der Waals surface area (Å²) in [5.74, 6) is 0. The Hall–Kier alpha value is -1.77. The van der Waals surface area contributed by atoms with E-state index in [0.717, 1.165) is 11.3 Å². The zero-order valence-electron chi connectivity index (χ0n) is 10.4. The maximum Gasteiger partial charge on any atom is 0.0568 e. The van der Waals surface area contributed by atoms with E-state index < -0.39 is 0 Å². The highest BCUT2D eigenvalue weighted by molar-refractivity contribution is 5.64. The van der Waals surface area contributed by atoms with Crippen molar-refractivity contribution < 1.29 is 0 Å². The summed E-state index contributed by atoms with van der Waals surface area (Å²) in [5, 5.41) is 7.23. The van der Waals surface area contributed by atoms with Gasteiger partial charge in [0.2, 0.25) is 0 Å². The number of nitrogens with one attached hydrogen (secondary N) is 1. The van der Waals surface area contributed by atoms with E-state index in [-0.39, 0.29) is 0 Å². The second-order valence-electron chi connectivity index (χ2n) is 3.23. The first-order valence-corrected chi connectivity index (χ1v) is 5.56. The molecule has 0 saturated heterocycles. The van der Waals surface area contributed by atoms with Crippen molar-refractivity contribution in [2.75, 3.05) is 12.4 Å². The molecule has 1 aromatic heterocycles. The molecule has 86 valence electrons. The van der Waals surface area contributed by atoms with Gasteiger partial charge < -0.3 is 5.32 Å². The molecule has 1 N–H and O–H groups in total. The summed E-state index contributed by atoms with van der Waals surface area (Å²) >= 11 is 0. The molecule has 0 aliphatic carbocycles. The quantitative estimate of drug-likeness (QED) is 0.837. The molecule has 1 aromatic carbocycles.